The van der Waals surface area contributed by atoms with Crippen LogP contribution in [0.2, 0.25) is 0 Å². The van der Waals surface area contributed by atoms with E-state index in [2.05, 4.69) is 30.6 Å². The zero-order valence-electron chi connectivity index (χ0n) is 18.8. The van der Waals surface area contributed by atoms with Gasteiger partial charge in [0.05, 0.1) is 41.9 Å². The van der Waals surface area contributed by atoms with Crippen LogP contribution in [-0.2, 0) is 4.74 Å². The summed E-state index contributed by atoms with van der Waals surface area (Å²) in [6, 6.07) is 10.1. The summed E-state index contributed by atoms with van der Waals surface area (Å²) in [5.74, 6) is 0.0779. The van der Waals surface area contributed by atoms with Crippen molar-refractivity contribution in [3.05, 3.63) is 78.0 Å². The van der Waals surface area contributed by atoms with Crippen molar-refractivity contribution in [2.75, 3.05) is 23.8 Å². The highest BCUT2D eigenvalue weighted by Crippen LogP contribution is 2.28. The van der Waals surface area contributed by atoms with E-state index in [1.165, 1.54) is 12.5 Å². The number of pyridine rings is 1. The fourth-order valence-electron chi connectivity index (χ4n) is 4.07. The number of aliphatic hydroxyl groups excluding tert-OH is 1. The third-order valence-corrected chi connectivity index (χ3v) is 5.96. The van der Waals surface area contributed by atoms with Crippen LogP contribution in [0.5, 0.6) is 0 Å². The minimum absolute atomic E-state index is 0.00681. The second-order valence-corrected chi connectivity index (χ2v) is 8.31. The van der Waals surface area contributed by atoms with Crippen LogP contribution in [-0.4, -0.2) is 62.1 Å². The number of H-pyrrole nitrogens is 1. The molecule has 4 aromatic rings. The number of nitrogens with one attached hydrogen (secondary N) is 3. The number of carbonyl (C=O) groups is 2. The van der Waals surface area contributed by atoms with Gasteiger partial charge in [-0.1, -0.05) is 0 Å². The largest absolute Gasteiger partial charge is 0.394 e. The lowest BCUT2D eigenvalue weighted by Gasteiger charge is -2.29. The second-order valence-electron chi connectivity index (χ2n) is 8.31. The topological polar surface area (TPSA) is 142 Å². The number of ether oxygens (including phenoxy) is 1. The van der Waals surface area contributed by atoms with Gasteiger partial charge in [0.1, 0.15) is 17.8 Å². The number of amides is 1. The number of ketones is 1. The van der Waals surface area contributed by atoms with Gasteiger partial charge in [-0.25, -0.2) is 9.97 Å². The Bertz CT molecular complexity index is 1330. The smallest absolute Gasteiger partial charge is 0.257 e. The monoisotopic (exact) mass is 472 g/mol. The predicted molar refractivity (Wildman–Crippen MR) is 129 cm³/mol. The molecule has 0 aliphatic carbocycles. The van der Waals surface area contributed by atoms with Crippen LogP contribution in [0.15, 0.2) is 61.3 Å². The van der Waals surface area contributed by atoms with Crippen molar-refractivity contribution in [2.45, 2.75) is 25.0 Å². The molecule has 2 unspecified atom stereocenters. The maximum Gasteiger partial charge on any atom is 0.257 e. The van der Waals surface area contributed by atoms with Crippen molar-refractivity contribution >= 4 is 34.2 Å². The third-order valence-electron chi connectivity index (χ3n) is 5.96. The maximum atomic E-state index is 13.4. The molecule has 10 nitrogen and oxygen atoms in total. The van der Waals surface area contributed by atoms with Crippen LogP contribution < -0.4 is 10.6 Å². The second kappa shape index (κ2) is 10.00. The van der Waals surface area contributed by atoms with Gasteiger partial charge in [0.15, 0.2) is 5.78 Å². The zero-order valence-corrected chi connectivity index (χ0v) is 18.8. The molecular weight excluding hydrogens is 448 g/mol. The highest BCUT2D eigenvalue weighted by atomic mass is 16.5. The van der Waals surface area contributed by atoms with Gasteiger partial charge in [0, 0.05) is 29.8 Å². The molecule has 10 heteroatoms. The number of aliphatic hydroxyl groups is 1. The van der Waals surface area contributed by atoms with Crippen LogP contribution >= 0.6 is 0 Å². The van der Waals surface area contributed by atoms with Gasteiger partial charge in [-0.2, -0.15) is 0 Å². The van der Waals surface area contributed by atoms with E-state index in [-0.39, 0.29) is 30.4 Å². The highest BCUT2D eigenvalue weighted by molar-refractivity contribution is 6.18. The maximum absolute atomic E-state index is 13.4. The summed E-state index contributed by atoms with van der Waals surface area (Å²) in [7, 11) is 0. The Morgan fingerprint density at radius 3 is 2.69 bits per heavy atom. The number of aromatic nitrogens is 4. The molecule has 0 spiro atoms. The van der Waals surface area contributed by atoms with Crippen LogP contribution in [0, 0.1) is 0 Å². The first-order valence-electron chi connectivity index (χ1n) is 11.3. The molecule has 5 rings (SSSR count). The van der Waals surface area contributed by atoms with E-state index in [0.717, 1.165) is 12.8 Å². The van der Waals surface area contributed by atoms with Gasteiger partial charge in [0.2, 0.25) is 0 Å². The van der Waals surface area contributed by atoms with Crippen molar-refractivity contribution < 1.29 is 19.4 Å². The van der Waals surface area contributed by atoms with Crippen LogP contribution in [0.25, 0.3) is 11.0 Å². The molecule has 0 bridgehead atoms. The zero-order chi connectivity index (χ0) is 24.2. The molecule has 1 fully saturated rings. The Labute approximate surface area is 200 Å². The molecule has 4 N–H and O–H groups in total. The summed E-state index contributed by atoms with van der Waals surface area (Å²) in [5, 5.41) is 16.0. The van der Waals surface area contributed by atoms with E-state index in [0.29, 0.717) is 45.8 Å². The molecule has 1 aliphatic rings. The molecule has 1 aromatic carbocycles. The normalized spacial score (nSPS) is 17.7. The Morgan fingerprint density at radius 1 is 1.11 bits per heavy atom. The van der Waals surface area contributed by atoms with E-state index in [1.807, 2.05) is 0 Å². The Balaban J connectivity index is 1.34. The van der Waals surface area contributed by atoms with E-state index in [1.54, 1.807) is 48.8 Å². The van der Waals surface area contributed by atoms with Crippen molar-refractivity contribution in [1.82, 2.24) is 19.9 Å². The number of fused-ring (bicyclic) bond motifs is 1. The van der Waals surface area contributed by atoms with Crippen molar-refractivity contribution in [3.8, 4) is 0 Å². The standard InChI is InChI=1S/C25H24N6O4/c32-12-19-8-7-18(13-35-19)30-24-21-20(11-27-23(21)28-14-29-24)22(33)15-3-5-17(6-4-15)31-25(34)16-2-1-9-26-10-16/h1-6,9-11,14,18-19,32H,7-8,12-13H2,(H,31,34)(H2,27,28,29,30). The summed E-state index contributed by atoms with van der Waals surface area (Å²) in [4.78, 5) is 41.3. The van der Waals surface area contributed by atoms with Gasteiger partial charge >= 0.3 is 0 Å². The van der Waals surface area contributed by atoms with Gasteiger partial charge in [-0.3, -0.25) is 14.6 Å². The lowest BCUT2D eigenvalue weighted by Crippen LogP contribution is -2.36. The first-order valence-corrected chi connectivity index (χ1v) is 11.3. The summed E-state index contributed by atoms with van der Waals surface area (Å²) < 4.78 is 5.66. The SMILES string of the molecule is O=C(Nc1ccc(C(=O)c2c[nH]c3ncnc(NC4CCC(CO)OC4)c23)cc1)c1cccnc1. The quantitative estimate of drug-likeness (QED) is 0.301. The molecule has 0 radical (unpaired) electrons. The third kappa shape index (κ3) is 4.88. The van der Waals surface area contributed by atoms with E-state index >= 15 is 0 Å². The Morgan fingerprint density at radius 2 is 1.97 bits per heavy atom. The average molecular weight is 473 g/mol. The summed E-state index contributed by atoms with van der Waals surface area (Å²) in [5.41, 5.74) is 2.48. The van der Waals surface area contributed by atoms with E-state index in [4.69, 9.17) is 4.74 Å². The van der Waals surface area contributed by atoms with Crippen LogP contribution in [0.3, 0.4) is 0 Å². The predicted octanol–water partition coefficient (Wildman–Crippen LogP) is 2.79. The first-order chi connectivity index (χ1) is 17.1. The van der Waals surface area contributed by atoms with E-state index < -0.39 is 0 Å². The van der Waals surface area contributed by atoms with Crippen LogP contribution in [0.1, 0.15) is 39.1 Å². The average Bonchev–Trinajstić information content (AvgIpc) is 3.35. The number of aromatic amines is 1. The number of benzene rings is 1. The molecule has 35 heavy (non-hydrogen) atoms. The lowest BCUT2D eigenvalue weighted by molar-refractivity contribution is -0.0224. The molecule has 1 saturated heterocycles. The summed E-state index contributed by atoms with van der Waals surface area (Å²) >= 11 is 0. The molecule has 2 atom stereocenters. The minimum Gasteiger partial charge on any atom is -0.394 e. The van der Waals surface area contributed by atoms with Gasteiger partial charge in [0.25, 0.3) is 5.91 Å². The van der Waals surface area contributed by atoms with Crippen molar-refractivity contribution in [2.24, 2.45) is 0 Å². The Hall–Kier alpha value is -4.15. The number of anilines is 2. The number of hydrogen-bond donors (Lipinski definition) is 4. The molecule has 0 saturated carbocycles. The van der Waals surface area contributed by atoms with Crippen molar-refractivity contribution in [1.29, 1.82) is 0 Å². The number of carbonyl (C=O) groups excluding carboxylic acids is 2. The fraction of sp³-hybridized carbons (Fsp3) is 0.240. The van der Waals surface area contributed by atoms with Crippen molar-refractivity contribution in [3.63, 3.8) is 0 Å². The molecular formula is C25H24N6O4. The number of rotatable bonds is 7. The summed E-state index contributed by atoms with van der Waals surface area (Å²) in [6.07, 6.45) is 7.58. The molecule has 4 heterocycles. The first kappa shape index (κ1) is 22.6. The molecule has 1 amide bonds. The number of nitrogens with zero attached hydrogens (tertiary/aromatic N) is 3. The van der Waals surface area contributed by atoms with Gasteiger partial charge < -0.3 is 25.5 Å². The lowest BCUT2D eigenvalue weighted by atomic mass is 10.0. The number of hydrogen-bond acceptors (Lipinski definition) is 8. The Kier molecular flexibility index (Phi) is 6.47. The fourth-order valence-corrected chi connectivity index (χ4v) is 4.07. The highest BCUT2D eigenvalue weighted by Gasteiger charge is 2.24. The molecule has 3 aromatic heterocycles. The molecule has 1 aliphatic heterocycles. The van der Waals surface area contributed by atoms with Gasteiger partial charge in [-0.15, -0.1) is 0 Å². The van der Waals surface area contributed by atoms with Gasteiger partial charge in [-0.05, 0) is 49.2 Å². The van der Waals surface area contributed by atoms with Crippen LogP contribution in [0.4, 0.5) is 11.5 Å². The molecule has 178 valence electrons. The minimum atomic E-state index is -0.279. The van der Waals surface area contributed by atoms with E-state index in [9.17, 15) is 14.7 Å². The summed E-state index contributed by atoms with van der Waals surface area (Å²) in [6.45, 7) is 0.448.